The summed E-state index contributed by atoms with van der Waals surface area (Å²) in [5.41, 5.74) is -3.31. The molecule has 1 aromatic heterocycles. The van der Waals surface area contributed by atoms with Crippen molar-refractivity contribution in [2.24, 2.45) is 5.92 Å². The van der Waals surface area contributed by atoms with Crippen LogP contribution < -0.4 is 0 Å². The van der Waals surface area contributed by atoms with Crippen LogP contribution in [0.5, 0.6) is 0 Å². The highest BCUT2D eigenvalue weighted by Gasteiger charge is 2.70. The second kappa shape index (κ2) is 6.65. The smallest absolute Gasteiger partial charge is 0.363 e. The topological polar surface area (TPSA) is 60.9 Å². The third-order valence-corrected chi connectivity index (χ3v) is 5.76. The molecule has 1 fully saturated rings. The van der Waals surface area contributed by atoms with Crippen LogP contribution in [0, 0.1) is 5.92 Å². The Kier molecular flexibility index (Phi) is 4.77. The summed E-state index contributed by atoms with van der Waals surface area (Å²) in [5, 5.41) is 12.3. The van der Waals surface area contributed by atoms with Gasteiger partial charge in [-0.3, -0.25) is 9.69 Å². The number of aliphatic hydroxyl groups is 1. The highest BCUT2D eigenvalue weighted by molar-refractivity contribution is 7.12. The van der Waals surface area contributed by atoms with E-state index in [-0.39, 0.29) is 9.78 Å². The molecule has 1 aromatic carbocycles. The quantitative estimate of drug-likeness (QED) is 0.805. The molecule has 1 aliphatic rings. The highest BCUT2D eigenvalue weighted by Crippen LogP contribution is 2.50. The minimum atomic E-state index is -5.23. The number of ketones is 1. The van der Waals surface area contributed by atoms with E-state index in [1.165, 1.54) is 25.2 Å². The summed E-state index contributed by atoms with van der Waals surface area (Å²) in [6, 6.07) is 8.58. The molecular formula is C18H17F3N2O3S. The van der Waals surface area contributed by atoms with Gasteiger partial charge < -0.3 is 10.0 Å². The van der Waals surface area contributed by atoms with Crippen molar-refractivity contribution in [1.82, 2.24) is 9.80 Å². The maximum absolute atomic E-state index is 14.0. The van der Waals surface area contributed by atoms with Crippen molar-refractivity contribution in [1.29, 1.82) is 0 Å². The summed E-state index contributed by atoms with van der Waals surface area (Å²) in [5.74, 6) is -2.82. The molecule has 0 radical (unpaired) electrons. The van der Waals surface area contributed by atoms with Crippen molar-refractivity contribution >= 4 is 23.2 Å². The van der Waals surface area contributed by atoms with E-state index < -0.39 is 35.7 Å². The largest absolute Gasteiger partial charge is 0.437 e. The molecule has 3 atom stereocenters. The van der Waals surface area contributed by atoms with E-state index in [4.69, 9.17) is 0 Å². The van der Waals surface area contributed by atoms with Gasteiger partial charge in [-0.15, -0.1) is 11.3 Å². The van der Waals surface area contributed by atoms with E-state index in [0.29, 0.717) is 5.56 Å². The molecule has 2 amide bonds. The lowest BCUT2D eigenvalue weighted by Crippen LogP contribution is -2.72. The molecule has 9 heteroatoms. The molecular weight excluding hydrogens is 381 g/mol. The zero-order valence-corrected chi connectivity index (χ0v) is 15.3. The van der Waals surface area contributed by atoms with Gasteiger partial charge in [-0.05, 0) is 17.0 Å². The second-order valence-corrected chi connectivity index (χ2v) is 7.30. The fourth-order valence-corrected chi connectivity index (χ4v) is 4.19. The number of carbonyl (C=O) groups is 2. The Balaban J connectivity index is 2.25. The molecule has 2 heterocycles. The molecule has 0 spiro atoms. The number of carbonyl (C=O) groups excluding carboxylic acids is 2. The van der Waals surface area contributed by atoms with E-state index in [1.54, 1.807) is 29.6 Å². The predicted octanol–water partition coefficient (Wildman–Crippen LogP) is 3.54. The number of hydrogen-bond acceptors (Lipinski definition) is 4. The average molecular weight is 398 g/mol. The van der Waals surface area contributed by atoms with Crippen LogP contribution >= 0.6 is 11.3 Å². The van der Waals surface area contributed by atoms with Crippen molar-refractivity contribution in [2.45, 2.75) is 17.9 Å². The zero-order chi connectivity index (χ0) is 20.0. The molecule has 1 saturated heterocycles. The van der Waals surface area contributed by atoms with Gasteiger partial charge in [-0.25, -0.2) is 4.79 Å². The summed E-state index contributed by atoms with van der Waals surface area (Å²) in [4.78, 5) is 26.9. The summed E-state index contributed by atoms with van der Waals surface area (Å²) < 4.78 is 42.0. The van der Waals surface area contributed by atoms with Crippen LogP contribution in [0.15, 0.2) is 47.8 Å². The van der Waals surface area contributed by atoms with Gasteiger partial charge in [0.2, 0.25) is 0 Å². The molecule has 1 aliphatic heterocycles. The van der Waals surface area contributed by atoms with E-state index >= 15 is 0 Å². The summed E-state index contributed by atoms with van der Waals surface area (Å²) in [6.07, 6.45) is -5.23. The molecule has 5 nitrogen and oxygen atoms in total. The Labute approximate surface area is 157 Å². The van der Waals surface area contributed by atoms with Crippen molar-refractivity contribution in [3.8, 4) is 0 Å². The Bertz CT molecular complexity index is 841. The number of amides is 2. The number of urea groups is 1. The normalized spacial score (nSPS) is 26.4. The highest BCUT2D eigenvalue weighted by atomic mass is 32.1. The molecule has 144 valence electrons. The Morgan fingerprint density at radius 1 is 1.15 bits per heavy atom. The maximum atomic E-state index is 14.0. The number of nitrogens with zero attached hydrogens (tertiary/aromatic N) is 2. The minimum Gasteiger partial charge on any atom is -0.363 e. The van der Waals surface area contributed by atoms with Crippen LogP contribution in [0.25, 0.3) is 0 Å². The number of benzene rings is 1. The SMILES string of the molecule is CN1C(=O)N(C)[C@](O)(C(F)(F)F)[C@@H](C(=O)c2cccs2)[C@@H]1c1ccccc1. The summed E-state index contributed by atoms with van der Waals surface area (Å²) in [7, 11) is 2.17. The maximum Gasteiger partial charge on any atom is 0.437 e. The van der Waals surface area contributed by atoms with Crippen LogP contribution in [0.4, 0.5) is 18.0 Å². The fourth-order valence-electron chi connectivity index (χ4n) is 3.48. The molecule has 1 N–H and O–H groups in total. The second-order valence-electron chi connectivity index (χ2n) is 6.35. The van der Waals surface area contributed by atoms with Crippen LogP contribution in [0.1, 0.15) is 21.3 Å². The number of rotatable bonds is 3. The first-order valence-electron chi connectivity index (χ1n) is 8.03. The predicted molar refractivity (Wildman–Crippen MR) is 93.2 cm³/mol. The van der Waals surface area contributed by atoms with E-state index in [1.807, 2.05) is 0 Å². The van der Waals surface area contributed by atoms with Crippen molar-refractivity contribution in [2.75, 3.05) is 14.1 Å². The van der Waals surface area contributed by atoms with Gasteiger partial charge in [-0.2, -0.15) is 13.2 Å². The van der Waals surface area contributed by atoms with Crippen molar-refractivity contribution in [3.05, 3.63) is 58.3 Å². The fraction of sp³-hybridized carbons (Fsp3) is 0.333. The number of hydrogen-bond donors (Lipinski definition) is 1. The number of halogens is 3. The van der Waals surface area contributed by atoms with Gasteiger partial charge in [0, 0.05) is 14.1 Å². The van der Waals surface area contributed by atoms with Gasteiger partial charge in [0.25, 0.3) is 5.72 Å². The molecule has 2 aromatic rings. The molecule has 0 unspecified atom stereocenters. The van der Waals surface area contributed by atoms with Crippen LogP contribution in [-0.4, -0.2) is 52.7 Å². The van der Waals surface area contributed by atoms with E-state index in [0.717, 1.165) is 23.3 Å². The Morgan fingerprint density at radius 2 is 1.78 bits per heavy atom. The lowest BCUT2D eigenvalue weighted by Gasteiger charge is -2.53. The standard InChI is InChI=1S/C18H17F3N2O3S/c1-22-14(11-7-4-3-5-8-11)13(15(24)12-9-6-10-27-12)17(26,18(19,20)21)23(2)16(22)25/h3-10,13-14,26H,1-2H3/t13-,14+,17-/m1/s1. The first kappa shape index (κ1) is 19.4. The minimum absolute atomic E-state index is 0.0831. The number of thiophene rings is 1. The zero-order valence-electron chi connectivity index (χ0n) is 14.5. The third kappa shape index (κ3) is 2.90. The van der Waals surface area contributed by atoms with E-state index in [2.05, 4.69) is 0 Å². The van der Waals surface area contributed by atoms with Gasteiger partial charge in [0.1, 0.15) is 5.92 Å². The number of alkyl halides is 3. The van der Waals surface area contributed by atoms with Crippen molar-refractivity contribution in [3.63, 3.8) is 0 Å². The van der Waals surface area contributed by atoms with Gasteiger partial charge in [0.15, 0.2) is 5.78 Å². The lowest BCUT2D eigenvalue weighted by molar-refractivity contribution is -0.328. The first-order valence-corrected chi connectivity index (χ1v) is 8.91. The molecule has 0 bridgehead atoms. The van der Waals surface area contributed by atoms with Gasteiger partial charge in [-0.1, -0.05) is 36.4 Å². The van der Waals surface area contributed by atoms with Gasteiger partial charge in [0.05, 0.1) is 10.9 Å². The first-order chi connectivity index (χ1) is 12.6. The van der Waals surface area contributed by atoms with Gasteiger partial charge >= 0.3 is 12.2 Å². The molecule has 0 saturated carbocycles. The summed E-state index contributed by atoms with van der Waals surface area (Å²) in [6.45, 7) is 0. The lowest BCUT2D eigenvalue weighted by atomic mass is 9.77. The van der Waals surface area contributed by atoms with Crippen LogP contribution in [0.3, 0.4) is 0 Å². The molecule has 27 heavy (non-hydrogen) atoms. The Morgan fingerprint density at radius 3 is 2.30 bits per heavy atom. The van der Waals surface area contributed by atoms with Crippen LogP contribution in [-0.2, 0) is 0 Å². The van der Waals surface area contributed by atoms with Crippen molar-refractivity contribution < 1.29 is 27.9 Å². The van der Waals surface area contributed by atoms with Crippen LogP contribution in [0.2, 0.25) is 0 Å². The molecule has 0 aliphatic carbocycles. The number of Topliss-reactive ketones (excluding diaryl/α,β-unsaturated/α-hetero) is 1. The Hall–Kier alpha value is -2.39. The average Bonchev–Trinajstić information content (AvgIpc) is 3.16. The molecule has 3 rings (SSSR count). The third-order valence-electron chi connectivity index (χ3n) is 4.87. The monoisotopic (exact) mass is 398 g/mol. The van der Waals surface area contributed by atoms with E-state index in [9.17, 15) is 27.9 Å². The summed E-state index contributed by atoms with van der Waals surface area (Å²) >= 11 is 0.987.